The number of aliphatic hydroxyl groups excluding tert-OH is 2. The molecule has 0 bridgehead atoms. The van der Waals surface area contributed by atoms with Crippen molar-refractivity contribution < 1.29 is 10.2 Å². The van der Waals surface area contributed by atoms with Gasteiger partial charge in [0.15, 0.2) is 0 Å². The molecule has 0 aliphatic heterocycles. The van der Waals surface area contributed by atoms with Crippen molar-refractivity contribution in [2.75, 3.05) is 6.61 Å². The highest BCUT2D eigenvalue weighted by molar-refractivity contribution is 4.67. The average Bonchev–Trinajstić information content (AvgIpc) is 2.23. The number of hydrogen-bond acceptors (Lipinski definition) is 2. The van der Waals surface area contributed by atoms with Gasteiger partial charge in [-0.2, -0.15) is 0 Å². The van der Waals surface area contributed by atoms with Crippen molar-refractivity contribution in [2.24, 2.45) is 11.8 Å². The van der Waals surface area contributed by atoms with Crippen LogP contribution in [-0.4, -0.2) is 22.9 Å². The van der Waals surface area contributed by atoms with Crippen molar-refractivity contribution in [1.29, 1.82) is 0 Å². The summed E-state index contributed by atoms with van der Waals surface area (Å²) < 4.78 is 0. The first-order chi connectivity index (χ1) is 6.67. The fourth-order valence-electron chi connectivity index (χ4n) is 1.82. The summed E-state index contributed by atoms with van der Waals surface area (Å²) in [6.07, 6.45) is 4.77. The summed E-state index contributed by atoms with van der Waals surface area (Å²) in [5.41, 5.74) is 0. The molecule has 0 aromatic heterocycles. The topological polar surface area (TPSA) is 40.5 Å². The minimum atomic E-state index is -0.156. The van der Waals surface area contributed by atoms with E-state index in [1.165, 1.54) is 0 Å². The quantitative estimate of drug-likeness (QED) is 0.635. The number of aliphatic hydroxyl groups is 2. The molecule has 0 rings (SSSR count). The van der Waals surface area contributed by atoms with Crippen LogP contribution in [0.1, 0.15) is 52.9 Å². The van der Waals surface area contributed by atoms with Gasteiger partial charge in [0.05, 0.1) is 6.10 Å². The van der Waals surface area contributed by atoms with E-state index < -0.39 is 0 Å². The van der Waals surface area contributed by atoms with Crippen LogP contribution >= 0.6 is 0 Å². The standard InChI is InChI=1S/C12H26O2/c1-4-10(8-12(14)6-3)7-11(5-2)9-13/h10-14H,4-9H2,1-3H3. The van der Waals surface area contributed by atoms with E-state index in [9.17, 15) is 5.11 Å². The molecule has 14 heavy (non-hydrogen) atoms. The van der Waals surface area contributed by atoms with Gasteiger partial charge in [0, 0.05) is 6.61 Å². The zero-order valence-electron chi connectivity index (χ0n) is 9.87. The molecule has 0 amide bonds. The molecule has 0 saturated carbocycles. The molecule has 3 unspecified atom stereocenters. The highest BCUT2D eigenvalue weighted by Crippen LogP contribution is 2.23. The van der Waals surface area contributed by atoms with Gasteiger partial charge < -0.3 is 10.2 Å². The van der Waals surface area contributed by atoms with Gasteiger partial charge in [0.1, 0.15) is 0 Å². The Bertz CT molecular complexity index is 121. The van der Waals surface area contributed by atoms with Crippen molar-refractivity contribution in [3.8, 4) is 0 Å². The largest absolute Gasteiger partial charge is 0.396 e. The first kappa shape index (κ1) is 13.9. The van der Waals surface area contributed by atoms with E-state index in [0.717, 1.165) is 32.1 Å². The molecule has 2 heteroatoms. The molecule has 3 atom stereocenters. The van der Waals surface area contributed by atoms with Crippen molar-refractivity contribution in [3.05, 3.63) is 0 Å². The Labute approximate surface area is 88.3 Å². The summed E-state index contributed by atoms with van der Waals surface area (Å²) in [7, 11) is 0. The molecule has 0 aliphatic carbocycles. The van der Waals surface area contributed by atoms with Crippen LogP contribution in [0.15, 0.2) is 0 Å². The Morgan fingerprint density at radius 1 is 0.857 bits per heavy atom. The normalized spacial score (nSPS) is 17.8. The third-order valence-electron chi connectivity index (χ3n) is 3.16. The van der Waals surface area contributed by atoms with Crippen molar-refractivity contribution in [1.82, 2.24) is 0 Å². The van der Waals surface area contributed by atoms with Gasteiger partial charge in [-0.1, -0.05) is 33.6 Å². The first-order valence-electron chi connectivity index (χ1n) is 5.96. The van der Waals surface area contributed by atoms with E-state index in [0.29, 0.717) is 11.8 Å². The molecular formula is C12H26O2. The second kappa shape index (κ2) is 8.25. The lowest BCUT2D eigenvalue weighted by atomic mass is 9.87. The van der Waals surface area contributed by atoms with Crippen LogP contribution in [-0.2, 0) is 0 Å². The Morgan fingerprint density at radius 3 is 1.79 bits per heavy atom. The SMILES string of the molecule is CCC(O)CC(CC)CC(CC)CO. The molecule has 0 aromatic rings. The van der Waals surface area contributed by atoms with E-state index in [1.54, 1.807) is 0 Å². The van der Waals surface area contributed by atoms with E-state index in [-0.39, 0.29) is 12.7 Å². The monoisotopic (exact) mass is 202 g/mol. The smallest absolute Gasteiger partial charge is 0.0540 e. The lowest BCUT2D eigenvalue weighted by Gasteiger charge is -2.22. The minimum Gasteiger partial charge on any atom is -0.396 e. The van der Waals surface area contributed by atoms with Crippen molar-refractivity contribution >= 4 is 0 Å². The number of rotatable bonds is 8. The first-order valence-corrected chi connectivity index (χ1v) is 5.96. The predicted octanol–water partition coefficient (Wildman–Crippen LogP) is 2.58. The maximum Gasteiger partial charge on any atom is 0.0540 e. The van der Waals surface area contributed by atoms with Crippen LogP contribution in [0, 0.1) is 11.8 Å². The Balaban J connectivity index is 3.88. The zero-order chi connectivity index (χ0) is 11.0. The maximum atomic E-state index is 9.56. The van der Waals surface area contributed by atoms with Crippen LogP contribution in [0.2, 0.25) is 0 Å². The second-order valence-electron chi connectivity index (χ2n) is 4.26. The lowest BCUT2D eigenvalue weighted by molar-refractivity contribution is 0.119. The lowest BCUT2D eigenvalue weighted by Crippen LogP contribution is -2.17. The van der Waals surface area contributed by atoms with Crippen LogP contribution in [0.25, 0.3) is 0 Å². The Kier molecular flexibility index (Phi) is 8.20. The molecule has 0 radical (unpaired) electrons. The minimum absolute atomic E-state index is 0.156. The predicted molar refractivity (Wildman–Crippen MR) is 60.2 cm³/mol. The summed E-state index contributed by atoms with van der Waals surface area (Å²) in [6, 6.07) is 0. The summed E-state index contributed by atoms with van der Waals surface area (Å²) >= 11 is 0. The van der Waals surface area contributed by atoms with Gasteiger partial charge in [-0.25, -0.2) is 0 Å². The van der Waals surface area contributed by atoms with E-state index in [1.807, 2.05) is 6.92 Å². The molecule has 0 spiro atoms. The molecule has 0 fully saturated rings. The highest BCUT2D eigenvalue weighted by atomic mass is 16.3. The molecule has 2 N–H and O–H groups in total. The molecule has 0 aromatic carbocycles. The van der Waals surface area contributed by atoms with E-state index in [2.05, 4.69) is 13.8 Å². The van der Waals surface area contributed by atoms with Crippen LogP contribution in [0.3, 0.4) is 0 Å². The molecule has 86 valence electrons. The van der Waals surface area contributed by atoms with E-state index >= 15 is 0 Å². The average molecular weight is 202 g/mol. The summed E-state index contributed by atoms with van der Waals surface area (Å²) in [5.74, 6) is 0.992. The molecular weight excluding hydrogens is 176 g/mol. The van der Waals surface area contributed by atoms with Crippen LogP contribution < -0.4 is 0 Å². The summed E-state index contributed by atoms with van der Waals surface area (Å²) in [4.78, 5) is 0. The summed E-state index contributed by atoms with van der Waals surface area (Å²) in [6.45, 7) is 6.58. The Hall–Kier alpha value is -0.0800. The van der Waals surface area contributed by atoms with E-state index in [4.69, 9.17) is 5.11 Å². The number of hydrogen-bond donors (Lipinski definition) is 2. The van der Waals surface area contributed by atoms with Gasteiger partial charge in [-0.05, 0) is 31.1 Å². The molecule has 0 heterocycles. The van der Waals surface area contributed by atoms with Crippen LogP contribution in [0.5, 0.6) is 0 Å². The fraction of sp³-hybridized carbons (Fsp3) is 1.00. The third-order valence-corrected chi connectivity index (χ3v) is 3.16. The summed E-state index contributed by atoms with van der Waals surface area (Å²) in [5, 5.41) is 18.7. The van der Waals surface area contributed by atoms with Crippen LogP contribution in [0.4, 0.5) is 0 Å². The van der Waals surface area contributed by atoms with Crippen molar-refractivity contribution in [3.63, 3.8) is 0 Å². The van der Waals surface area contributed by atoms with Gasteiger partial charge in [0.25, 0.3) is 0 Å². The van der Waals surface area contributed by atoms with Crippen molar-refractivity contribution in [2.45, 2.75) is 59.0 Å². The Morgan fingerprint density at radius 2 is 1.43 bits per heavy atom. The van der Waals surface area contributed by atoms with Gasteiger partial charge in [0.2, 0.25) is 0 Å². The second-order valence-corrected chi connectivity index (χ2v) is 4.26. The third kappa shape index (κ3) is 5.61. The molecule has 0 saturated heterocycles. The van der Waals surface area contributed by atoms with Gasteiger partial charge in [-0.15, -0.1) is 0 Å². The van der Waals surface area contributed by atoms with Gasteiger partial charge in [-0.3, -0.25) is 0 Å². The van der Waals surface area contributed by atoms with Gasteiger partial charge >= 0.3 is 0 Å². The molecule has 0 aliphatic rings. The molecule has 2 nitrogen and oxygen atoms in total. The fourth-order valence-corrected chi connectivity index (χ4v) is 1.82. The highest BCUT2D eigenvalue weighted by Gasteiger charge is 2.16. The maximum absolute atomic E-state index is 9.56. The zero-order valence-corrected chi connectivity index (χ0v) is 9.87.